The van der Waals surface area contributed by atoms with Crippen molar-refractivity contribution < 1.29 is 14.0 Å². The molecule has 34 heavy (non-hydrogen) atoms. The van der Waals surface area contributed by atoms with E-state index in [0.717, 1.165) is 56.7 Å². The van der Waals surface area contributed by atoms with Crippen LogP contribution in [0.15, 0.2) is 48.5 Å². The molecule has 6 heteroatoms. The average Bonchev–Trinajstić information content (AvgIpc) is 2.85. The smallest absolute Gasteiger partial charge is 0.254 e. The van der Waals surface area contributed by atoms with Crippen molar-refractivity contribution in [3.63, 3.8) is 0 Å². The van der Waals surface area contributed by atoms with E-state index in [0.29, 0.717) is 25.1 Å². The first kappa shape index (κ1) is 25.9. The van der Waals surface area contributed by atoms with Crippen molar-refractivity contribution in [3.8, 4) is 0 Å². The topological polar surface area (TPSA) is 43.9 Å². The quantitative estimate of drug-likeness (QED) is 0.442. The Morgan fingerprint density at radius 3 is 2.32 bits per heavy atom. The summed E-state index contributed by atoms with van der Waals surface area (Å²) in [7, 11) is 0. The standard InChI is InChI=1S/C28H38FN3O2/c1-3-4-5-6-11-27(33)31-19-16-30(17-20-31)18-21-32(22-24-12-14-25(29)15-13-24)28(34)26-10-8-7-9-23(26)2/h7-10,12-15H,3-6,11,16-22H2,1-2H3. The summed E-state index contributed by atoms with van der Waals surface area (Å²) in [6, 6.07) is 14.0. The van der Waals surface area contributed by atoms with Crippen LogP contribution in [0.4, 0.5) is 4.39 Å². The number of aryl methyl sites for hydroxylation is 1. The first-order chi connectivity index (χ1) is 16.5. The van der Waals surface area contributed by atoms with Crippen molar-refractivity contribution in [1.29, 1.82) is 0 Å². The molecule has 2 amide bonds. The highest BCUT2D eigenvalue weighted by atomic mass is 19.1. The van der Waals surface area contributed by atoms with Crippen LogP contribution in [0, 0.1) is 12.7 Å². The second-order valence-electron chi connectivity index (χ2n) is 9.20. The van der Waals surface area contributed by atoms with Gasteiger partial charge in [0.25, 0.3) is 5.91 Å². The second-order valence-corrected chi connectivity index (χ2v) is 9.20. The Morgan fingerprint density at radius 1 is 0.941 bits per heavy atom. The maximum atomic E-state index is 13.4. The number of unbranched alkanes of at least 4 members (excludes halogenated alkanes) is 3. The molecule has 0 aliphatic carbocycles. The lowest BCUT2D eigenvalue weighted by Crippen LogP contribution is -2.50. The van der Waals surface area contributed by atoms with Crippen LogP contribution in [0.5, 0.6) is 0 Å². The fraction of sp³-hybridized carbons (Fsp3) is 0.500. The monoisotopic (exact) mass is 467 g/mol. The number of hydrogen-bond acceptors (Lipinski definition) is 3. The molecule has 3 rings (SSSR count). The van der Waals surface area contributed by atoms with Crippen LogP contribution >= 0.6 is 0 Å². The molecule has 184 valence electrons. The van der Waals surface area contributed by atoms with Crippen LogP contribution in [-0.2, 0) is 11.3 Å². The number of halogens is 1. The minimum absolute atomic E-state index is 0.0108. The van der Waals surface area contributed by atoms with E-state index in [1.165, 1.54) is 25.0 Å². The lowest BCUT2D eigenvalue weighted by Gasteiger charge is -2.36. The fourth-order valence-electron chi connectivity index (χ4n) is 4.39. The molecule has 1 aliphatic rings. The number of rotatable bonds is 11. The summed E-state index contributed by atoms with van der Waals surface area (Å²) in [6.45, 7) is 9.02. The lowest BCUT2D eigenvalue weighted by atomic mass is 10.1. The number of carbonyl (C=O) groups is 2. The van der Waals surface area contributed by atoms with Crippen molar-refractivity contribution in [2.75, 3.05) is 39.3 Å². The van der Waals surface area contributed by atoms with E-state index < -0.39 is 0 Å². The average molecular weight is 468 g/mol. The highest BCUT2D eigenvalue weighted by Gasteiger charge is 2.23. The van der Waals surface area contributed by atoms with Crippen molar-refractivity contribution >= 4 is 11.8 Å². The van der Waals surface area contributed by atoms with Gasteiger partial charge in [0.2, 0.25) is 5.91 Å². The molecule has 2 aromatic carbocycles. The van der Waals surface area contributed by atoms with Crippen molar-refractivity contribution in [2.24, 2.45) is 0 Å². The summed E-state index contributed by atoms with van der Waals surface area (Å²) >= 11 is 0. The molecular weight excluding hydrogens is 429 g/mol. The Hall–Kier alpha value is -2.73. The maximum Gasteiger partial charge on any atom is 0.254 e. The highest BCUT2D eigenvalue weighted by molar-refractivity contribution is 5.95. The van der Waals surface area contributed by atoms with Crippen molar-refractivity contribution in [3.05, 3.63) is 71.0 Å². The molecular formula is C28H38FN3O2. The fourth-order valence-corrected chi connectivity index (χ4v) is 4.39. The van der Waals surface area contributed by atoms with Gasteiger partial charge >= 0.3 is 0 Å². The third-order valence-electron chi connectivity index (χ3n) is 6.60. The molecule has 2 aromatic rings. The van der Waals surface area contributed by atoms with Gasteiger partial charge in [0.1, 0.15) is 5.82 Å². The minimum Gasteiger partial charge on any atom is -0.340 e. The van der Waals surface area contributed by atoms with Gasteiger partial charge in [-0.2, -0.15) is 0 Å². The zero-order valence-corrected chi connectivity index (χ0v) is 20.6. The summed E-state index contributed by atoms with van der Waals surface area (Å²) in [5.74, 6) is -0.0231. The van der Waals surface area contributed by atoms with E-state index in [2.05, 4.69) is 11.8 Å². The Bertz CT molecular complexity index is 924. The number of piperazine rings is 1. The number of hydrogen-bond donors (Lipinski definition) is 0. The normalized spacial score (nSPS) is 14.3. The molecule has 0 N–H and O–H groups in total. The van der Waals surface area contributed by atoms with Gasteiger partial charge in [-0.05, 0) is 42.7 Å². The molecule has 0 atom stereocenters. The SMILES string of the molecule is CCCCCCC(=O)N1CCN(CCN(Cc2ccc(F)cc2)C(=O)c2ccccc2C)CC1. The van der Waals surface area contributed by atoms with Gasteiger partial charge in [0.05, 0.1) is 0 Å². The van der Waals surface area contributed by atoms with Crippen LogP contribution in [0.25, 0.3) is 0 Å². The summed E-state index contributed by atoms with van der Waals surface area (Å²) in [6.07, 6.45) is 5.12. The summed E-state index contributed by atoms with van der Waals surface area (Å²) in [5, 5.41) is 0. The predicted molar refractivity (Wildman–Crippen MR) is 134 cm³/mol. The summed E-state index contributed by atoms with van der Waals surface area (Å²) < 4.78 is 13.4. The van der Waals surface area contributed by atoms with Crippen molar-refractivity contribution in [1.82, 2.24) is 14.7 Å². The van der Waals surface area contributed by atoms with E-state index in [-0.39, 0.29) is 17.6 Å². The van der Waals surface area contributed by atoms with Gasteiger partial charge in [-0.25, -0.2) is 4.39 Å². The zero-order valence-electron chi connectivity index (χ0n) is 20.6. The summed E-state index contributed by atoms with van der Waals surface area (Å²) in [4.78, 5) is 32.0. The predicted octanol–water partition coefficient (Wildman–Crippen LogP) is 4.89. The van der Waals surface area contributed by atoms with E-state index in [4.69, 9.17) is 0 Å². The van der Waals surface area contributed by atoms with Crippen LogP contribution in [0.3, 0.4) is 0 Å². The van der Waals surface area contributed by atoms with Crippen LogP contribution in [0.2, 0.25) is 0 Å². The molecule has 1 heterocycles. The second kappa shape index (κ2) is 13.2. The van der Waals surface area contributed by atoms with Gasteiger partial charge in [0, 0.05) is 57.8 Å². The third-order valence-corrected chi connectivity index (χ3v) is 6.60. The van der Waals surface area contributed by atoms with Gasteiger partial charge in [-0.1, -0.05) is 56.5 Å². The Balaban J connectivity index is 1.56. The molecule has 1 aliphatic heterocycles. The lowest BCUT2D eigenvalue weighted by molar-refractivity contribution is -0.133. The van der Waals surface area contributed by atoms with Gasteiger partial charge < -0.3 is 9.80 Å². The molecule has 0 spiro atoms. The first-order valence-corrected chi connectivity index (χ1v) is 12.6. The van der Waals surface area contributed by atoms with Crippen LogP contribution in [-0.4, -0.2) is 65.8 Å². The van der Waals surface area contributed by atoms with E-state index in [9.17, 15) is 14.0 Å². The molecule has 0 radical (unpaired) electrons. The first-order valence-electron chi connectivity index (χ1n) is 12.6. The summed E-state index contributed by atoms with van der Waals surface area (Å²) in [5.41, 5.74) is 2.55. The minimum atomic E-state index is -0.279. The molecule has 5 nitrogen and oxygen atoms in total. The van der Waals surface area contributed by atoms with Crippen LogP contribution in [0.1, 0.15) is 60.5 Å². The van der Waals surface area contributed by atoms with E-state index in [1.807, 2.05) is 41.0 Å². The Morgan fingerprint density at radius 2 is 1.65 bits per heavy atom. The van der Waals surface area contributed by atoms with Gasteiger partial charge in [0.15, 0.2) is 0 Å². The molecule has 1 fully saturated rings. The Labute approximate surface area is 203 Å². The maximum absolute atomic E-state index is 13.4. The molecule has 1 saturated heterocycles. The Kier molecular flexibility index (Phi) is 10.1. The third kappa shape index (κ3) is 7.66. The van der Waals surface area contributed by atoms with Crippen molar-refractivity contribution in [2.45, 2.75) is 52.5 Å². The number of benzene rings is 2. The molecule has 0 unspecified atom stereocenters. The van der Waals surface area contributed by atoms with Gasteiger partial charge in [-0.3, -0.25) is 14.5 Å². The number of amides is 2. The van der Waals surface area contributed by atoms with E-state index in [1.54, 1.807) is 12.1 Å². The molecule has 0 saturated carbocycles. The van der Waals surface area contributed by atoms with Crippen LogP contribution < -0.4 is 0 Å². The van der Waals surface area contributed by atoms with Gasteiger partial charge in [-0.15, -0.1) is 0 Å². The number of carbonyl (C=O) groups excluding carboxylic acids is 2. The molecule has 0 bridgehead atoms. The molecule has 0 aromatic heterocycles. The zero-order chi connectivity index (χ0) is 24.3. The van der Waals surface area contributed by atoms with E-state index >= 15 is 0 Å². The number of nitrogens with zero attached hydrogens (tertiary/aromatic N) is 3. The largest absolute Gasteiger partial charge is 0.340 e. The highest BCUT2D eigenvalue weighted by Crippen LogP contribution is 2.15.